The van der Waals surface area contributed by atoms with E-state index in [2.05, 4.69) is 15.4 Å². The van der Waals surface area contributed by atoms with E-state index in [4.69, 9.17) is 0 Å². The number of amides is 1. The van der Waals surface area contributed by atoms with Gasteiger partial charge in [-0.2, -0.15) is 23.0 Å². The summed E-state index contributed by atoms with van der Waals surface area (Å²) >= 11 is 0. The molecule has 1 amide bonds. The number of carbonyl (C=O) groups excluding carboxylic acids is 1. The number of halogens is 3. The van der Waals surface area contributed by atoms with Crippen molar-refractivity contribution < 1.29 is 28.2 Å². The molecule has 3 aromatic rings. The van der Waals surface area contributed by atoms with Crippen LogP contribution in [0.15, 0.2) is 59.7 Å². The van der Waals surface area contributed by atoms with E-state index >= 15 is 0 Å². The molecule has 3 rings (SSSR count). The summed E-state index contributed by atoms with van der Waals surface area (Å²) in [6.45, 7) is -1.12. The van der Waals surface area contributed by atoms with Gasteiger partial charge in [-0.3, -0.25) is 14.6 Å². The summed E-state index contributed by atoms with van der Waals surface area (Å²) < 4.78 is 39.5. The highest BCUT2D eigenvalue weighted by molar-refractivity contribution is 5.95. The number of nitrogens with one attached hydrogen (secondary N) is 1. The topological polar surface area (TPSA) is 117 Å². The van der Waals surface area contributed by atoms with E-state index in [0.717, 1.165) is 22.9 Å². The Balaban J connectivity index is 2.13. The lowest BCUT2D eigenvalue weighted by Gasteiger charge is -2.15. The molecule has 1 aromatic carbocycles. The first-order chi connectivity index (χ1) is 14.7. The molecule has 0 atom stereocenters. The van der Waals surface area contributed by atoms with Gasteiger partial charge < -0.3 is 15.5 Å². The van der Waals surface area contributed by atoms with Crippen molar-refractivity contribution in [3.05, 3.63) is 76.3 Å². The molecule has 2 heterocycles. The number of rotatable bonds is 6. The summed E-state index contributed by atoms with van der Waals surface area (Å²) in [5, 5.41) is 24.8. The van der Waals surface area contributed by atoms with Gasteiger partial charge in [0.05, 0.1) is 42.4 Å². The molecule has 0 aliphatic carbocycles. The number of benzene rings is 1. The van der Waals surface area contributed by atoms with E-state index in [0.29, 0.717) is 0 Å². The van der Waals surface area contributed by atoms with Crippen molar-refractivity contribution >= 4 is 5.91 Å². The molecular formula is C20H17F3N4O4. The van der Waals surface area contributed by atoms with Crippen LogP contribution in [0.5, 0.6) is 0 Å². The maximum Gasteiger partial charge on any atom is 0.416 e. The summed E-state index contributed by atoms with van der Waals surface area (Å²) in [5.41, 5.74) is -1.51. The Labute approximate surface area is 173 Å². The van der Waals surface area contributed by atoms with E-state index in [-0.39, 0.29) is 22.5 Å². The summed E-state index contributed by atoms with van der Waals surface area (Å²) in [7, 11) is 0. The number of carbonyl (C=O) groups is 1. The Morgan fingerprint density at radius 1 is 1.13 bits per heavy atom. The van der Waals surface area contributed by atoms with Gasteiger partial charge in [-0.05, 0) is 30.3 Å². The maximum atomic E-state index is 12.9. The van der Waals surface area contributed by atoms with Gasteiger partial charge in [0.15, 0.2) is 0 Å². The van der Waals surface area contributed by atoms with Crippen molar-refractivity contribution in [2.75, 3.05) is 13.2 Å². The Bertz CT molecular complexity index is 1110. The Hall–Kier alpha value is -3.57. The van der Waals surface area contributed by atoms with E-state index < -0.39 is 42.5 Å². The first-order valence-corrected chi connectivity index (χ1v) is 8.99. The zero-order chi connectivity index (χ0) is 22.6. The SMILES string of the molecule is O=C(NC(CO)CO)c1cc(-c2ccc(C(F)(F)F)cc2)nn(-c2cccnc2)c1=O. The second-order valence-electron chi connectivity index (χ2n) is 6.48. The molecule has 2 aromatic heterocycles. The molecule has 0 fully saturated rings. The first kappa shape index (κ1) is 22.1. The Kier molecular flexibility index (Phi) is 6.47. The number of alkyl halides is 3. The van der Waals surface area contributed by atoms with Gasteiger partial charge in [0.2, 0.25) is 0 Å². The molecular weight excluding hydrogens is 417 g/mol. The van der Waals surface area contributed by atoms with Crippen LogP contribution in [0.25, 0.3) is 16.9 Å². The second kappa shape index (κ2) is 9.06. The normalized spacial score (nSPS) is 11.5. The highest BCUT2D eigenvalue weighted by Crippen LogP contribution is 2.30. The minimum absolute atomic E-state index is 0.0619. The zero-order valence-electron chi connectivity index (χ0n) is 15.9. The predicted octanol–water partition coefficient (Wildman–Crippen LogP) is 1.40. The summed E-state index contributed by atoms with van der Waals surface area (Å²) in [5.74, 6) is -0.883. The molecule has 0 spiro atoms. The Morgan fingerprint density at radius 2 is 1.81 bits per heavy atom. The third kappa shape index (κ3) is 4.95. The zero-order valence-corrected chi connectivity index (χ0v) is 15.9. The van der Waals surface area contributed by atoms with Gasteiger partial charge in [0.1, 0.15) is 5.56 Å². The third-order valence-electron chi connectivity index (χ3n) is 4.33. The lowest BCUT2D eigenvalue weighted by atomic mass is 10.1. The molecule has 0 saturated carbocycles. The smallest absolute Gasteiger partial charge is 0.394 e. The molecule has 11 heteroatoms. The van der Waals surface area contributed by atoms with Crippen LogP contribution in [0.3, 0.4) is 0 Å². The summed E-state index contributed by atoms with van der Waals surface area (Å²) in [6.07, 6.45) is -1.72. The third-order valence-corrected chi connectivity index (χ3v) is 4.33. The standard InChI is InChI=1S/C20H17F3N4O4/c21-20(22,23)13-5-3-12(4-6-13)17-8-16(18(30)25-14(10-28)11-29)19(31)27(26-17)15-2-1-7-24-9-15/h1-9,14,28-29H,10-11H2,(H,25,30). The number of pyridine rings is 1. The highest BCUT2D eigenvalue weighted by Gasteiger charge is 2.30. The van der Waals surface area contributed by atoms with Crippen LogP contribution in [0.1, 0.15) is 15.9 Å². The van der Waals surface area contributed by atoms with Crippen LogP contribution >= 0.6 is 0 Å². The minimum Gasteiger partial charge on any atom is -0.394 e. The van der Waals surface area contributed by atoms with Crippen LogP contribution in [-0.4, -0.2) is 50.1 Å². The molecule has 0 radical (unpaired) electrons. The van der Waals surface area contributed by atoms with Crippen LogP contribution in [0.4, 0.5) is 13.2 Å². The molecule has 0 aliphatic rings. The van der Waals surface area contributed by atoms with E-state index in [1.54, 1.807) is 6.07 Å². The van der Waals surface area contributed by atoms with E-state index in [9.17, 15) is 33.0 Å². The van der Waals surface area contributed by atoms with Crippen molar-refractivity contribution in [3.8, 4) is 16.9 Å². The average Bonchev–Trinajstić information content (AvgIpc) is 2.77. The lowest BCUT2D eigenvalue weighted by molar-refractivity contribution is -0.137. The fraction of sp³-hybridized carbons (Fsp3) is 0.200. The van der Waals surface area contributed by atoms with Crippen LogP contribution < -0.4 is 10.9 Å². The van der Waals surface area contributed by atoms with E-state index in [1.807, 2.05) is 0 Å². The molecule has 0 unspecified atom stereocenters. The van der Waals surface area contributed by atoms with Crippen molar-refractivity contribution in [2.45, 2.75) is 12.2 Å². The molecule has 3 N–H and O–H groups in total. The lowest BCUT2D eigenvalue weighted by Crippen LogP contribution is -2.43. The fourth-order valence-electron chi connectivity index (χ4n) is 2.69. The predicted molar refractivity (Wildman–Crippen MR) is 103 cm³/mol. The van der Waals surface area contributed by atoms with Crippen LogP contribution in [-0.2, 0) is 6.18 Å². The van der Waals surface area contributed by atoms with E-state index in [1.165, 1.54) is 30.6 Å². The van der Waals surface area contributed by atoms with Crippen molar-refractivity contribution in [1.82, 2.24) is 20.1 Å². The van der Waals surface area contributed by atoms with Gasteiger partial charge in [-0.15, -0.1) is 0 Å². The second-order valence-corrected chi connectivity index (χ2v) is 6.48. The van der Waals surface area contributed by atoms with Crippen LogP contribution in [0.2, 0.25) is 0 Å². The van der Waals surface area contributed by atoms with Gasteiger partial charge >= 0.3 is 6.18 Å². The summed E-state index contributed by atoms with van der Waals surface area (Å²) in [4.78, 5) is 29.4. The summed E-state index contributed by atoms with van der Waals surface area (Å²) in [6, 6.07) is 7.28. The first-order valence-electron chi connectivity index (χ1n) is 8.99. The number of hydrogen-bond donors (Lipinski definition) is 3. The molecule has 162 valence electrons. The molecule has 0 aliphatic heterocycles. The van der Waals surface area contributed by atoms with Gasteiger partial charge in [-0.1, -0.05) is 12.1 Å². The van der Waals surface area contributed by atoms with Gasteiger partial charge in [0, 0.05) is 11.8 Å². The van der Waals surface area contributed by atoms with Gasteiger partial charge in [0.25, 0.3) is 11.5 Å². The Morgan fingerprint density at radius 3 is 2.35 bits per heavy atom. The minimum atomic E-state index is -4.52. The quantitative estimate of drug-likeness (QED) is 0.540. The van der Waals surface area contributed by atoms with Crippen molar-refractivity contribution in [3.63, 3.8) is 0 Å². The number of aliphatic hydroxyl groups excluding tert-OH is 2. The van der Waals surface area contributed by atoms with Gasteiger partial charge in [-0.25, -0.2) is 0 Å². The number of hydrogen-bond acceptors (Lipinski definition) is 6. The number of aliphatic hydroxyl groups is 2. The van der Waals surface area contributed by atoms with Crippen molar-refractivity contribution in [1.29, 1.82) is 0 Å². The fourth-order valence-corrected chi connectivity index (χ4v) is 2.69. The maximum absolute atomic E-state index is 12.9. The molecule has 31 heavy (non-hydrogen) atoms. The highest BCUT2D eigenvalue weighted by atomic mass is 19.4. The number of nitrogens with zero attached hydrogens (tertiary/aromatic N) is 3. The number of aromatic nitrogens is 3. The van der Waals surface area contributed by atoms with Crippen molar-refractivity contribution in [2.24, 2.45) is 0 Å². The average molecular weight is 434 g/mol. The molecule has 0 saturated heterocycles. The molecule has 0 bridgehead atoms. The van der Waals surface area contributed by atoms with Crippen LogP contribution in [0, 0.1) is 0 Å². The largest absolute Gasteiger partial charge is 0.416 e. The monoisotopic (exact) mass is 434 g/mol. The molecule has 8 nitrogen and oxygen atoms in total.